The van der Waals surface area contributed by atoms with Gasteiger partial charge in [-0.15, -0.1) is 34.9 Å². The van der Waals surface area contributed by atoms with Crippen LogP contribution < -0.4 is 5.73 Å². The van der Waals surface area contributed by atoms with E-state index in [9.17, 15) is 0 Å². The molecule has 2 heterocycles. The number of nitrogens with two attached hydrogens (primary N) is 1. The number of nitrogen functional groups attached to an aromatic ring is 1. The molecule has 0 radical (unpaired) electrons. The van der Waals surface area contributed by atoms with Gasteiger partial charge < -0.3 is 5.73 Å². The van der Waals surface area contributed by atoms with E-state index in [2.05, 4.69) is 29.6 Å². The molecule has 1 aliphatic carbocycles. The lowest BCUT2D eigenvalue weighted by Crippen LogP contribution is -2.25. The van der Waals surface area contributed by atoms with Gasteiger partial charge in [0.2, 0.25) is 0 Å². The van der Waals surface area contributed by atoms with E-state index in [4.69, 9.17) is 11.0 Å². The quantitative estimate of drug-likeness (QED) is 0.786. The minimum absolute atomic E-state index is 0.400. The van der Waals surface area contributed by atoms with E-state index in [1.165, 1.54) is 28.4 Å². The molecule has 0 amide bonds. The zero-order valence-corrected chi connectivity index (χ0v) is 11.2. The molecular weight excluding hydrogens is 256 g/mol. The molecule has 0 bridgehead atoms. The topological polar surface area (TPSA) is 49.8 Å². The van der Waals surface area contributed by atoms with E-state index >= 15 is 0 Å². The summed E-state index contributed by atoms with van der Waals surface area (Å²) in [4.78, 5) is 1.36. The van der Waals surface area contributed by atoms with E-state index in [-0.39, 0.29) is 0 Å². The molecule has 2 aliphatic rings. The zero-order chi connectivity index (χ0) is 11.2. The van der Waals surface area contributed by atoms with Crippen LogP contribution in [0.4, 0.5) is 5.00 Å². The van der Waals surface area contributed by atoms with Gasteiger partial charge in [-0.05, 0) is 18.4 Å². The van der Waals surface area contributed by atoms with Gasteiger partial charge in [0, 0.05) is 22.8 Å². The predicted molar refractivity (Wildman–Crippen MR) is 73.1 cm³/mol. The van der Waals surface area contributed by atoms with Crippen LogP contribution in [0.5, 0.6) is 0 Å². The fourth-order valence-electron chi connectivity index (χ4n) is 2.46. The molecule has 0 unspecified atom stereocenters. The van der Waals surface area contributed by atoms with Crippen molar-refractivity contribution in [3.8, 4) is 6.07 Å². The van der Waals surface area contributed by atoms with Crippen molar-refractivity contribution in [2.75, 3.05) is 17.2 Å². The molecule has 1 saturated heterocycles. The maximum Gasteiger partial charge on any atom is 0.104 e. The Morgan fingerprint density at radius 1 is 1.31 bits per heavy atom. The van der Waals surface area contributed by atoms with Gasteiger partial charge in [-0.3, -0.25) is 0 Å². The van der Waals surface area contributed by atoms with Crippen molar-refractivity contribution >= 4 is 39.9 Å². The van der Waals surface area contributed by atoms with Crippen LogP contribution in [0, 0.1) is 11.3 Å². The third-order valence-corrected chi connectivity index (χ3v) is 7.82. The first-order chi connectivity index (χ1) is 7.74. The van der Waals surface area contributed by atoms with E-state index in [1.54, 1.807) is 11.3 Å². The van der Waals surface area contributed by atoms with Crippen molar-refractivity contribution in [1.82, 2.24) is 0 Å². The molecule has 0 aromatic carbocycles. The Labute approximate surface area is 108 Å². The second-order valence-corrected chi connectivity index (χ2v) is 8.49. The third-order valence-electron chi connectivity index (χ3n) is 3.23. The molecular formula is C11H12N2S3. The Balaban J connectivity index is 1.99. The lowest BCUT2D eigenvalue weighted by atomic mass is 9.95. The molecule has 2 nitrogen and oxygen atoms in total. The van der Waals surface area contributed by atoms with Gasteiger partial charge in [0.1, 0.15) is 11.1 Å². The first-order valence-electron chi connectivity index (χ1n) is 5.32. The van der Waals surface area contributed by atoms with Gasteiger partial charge >= 0.3 is 0 Å². The van der Waals surface area contributed by atoms with Crippen LogP contribution in [-0.4, -0.2) is 15.6 Å². The number of nitrogens with zero attached hydrogens (tertiary/aromatic N) is 1. The number of hydrogen-bond donors (Lipinski definition) is 1. The van der Waals surface area contributed by atoms with Crippen LogP contribution in [0.15, 0.2) is 0 Å². The Morgan fingerprint density at radius 2 is 2.06 bits per heavy atom. The fraction of sp³-hybridized carbons (Fsp3) is 0.545. The zero-order valence-electron chi connectivity index (χ0n) is 8.78. The maximum absolute atomic E-state index is 9.09. The van der Waals surface area contributed by atoms with Crippen molar-refractivity contribution in [2.45, 2.75) is 23.3 Å². The average Bonchev–Trinajstić information content (AvgIpc) is 2.82. The highest BCUT2D eigenvalue weighted by molar-refractivity contribution is 8.21. The second kappa shape index (κ2) is 3.86. The molecule has 1 spiro atoms. The summed E-state index contributed by atoms with van der Waals surface area (Å²) in [6, 6.07) is 2.25. The molecule has 0 atom stereocenters. The summed E-state index contributed by atoms with van der Waals surface area (Å²) >= 11 is 5.83. The first-order valence-corrected chi connectivity index (χ1v) is 8.11. The van der Waals surface area contributed by atoms with Crippen LogP contribution in [0.2, 0.25) is 0 Å². The van der Waals surface area contributed by atoms with Gasteiger partial charge in [0.05, 0.1) is 9.64 Å². The van der Waals surface area contributed by atoms with Gasteiger partial charge in [0.15, 0.2) is 0 Å². The molecule has 1 fully saturated rings. The summed E-state index contributed by atoms with van der Waals surface area (Å²) < 4.78 is 0.400. The van der Waals surface area contributed by atoms with E-state index < -0.39 is 0 Å². The van der Waals surface area contributed by atoms with Gasteiger partial charge in [-0.25, -0.2) is 0 Å². The number of fused-ring (bicyclic) bond motifs is 1. The summed E-state index contributed by atoms with van der Waals surface area (Å²) in [5.41, 5.74) is 7.89. The molecule has 0 saturated carbocycles. The van der Waals surface area contributed by atoms with Crippen LogP contribution in [0.3, 0.4) is 0 Å². The Bertz CT molecular complexity index is 466. The highest BCUT2D eigenvalue weighted by atomic mass is 32.2. The van der Waals surface area contributed by atoms with Crippen molar-refractivity contribution in [3.63, 3.8) is 0 Å². The van der Waals surface area contributed by atoms with Crippen LogP contribution in [-0.2, 0) is 12.8 Å². The molecule has 5 heteroatoms. The predicted octanol–water partition coefficient (Wildman–Crippen LogP) is 2.87. The average molecular weight is 268 g/mol. The standard InChI is InChI=1S/C11H12N2S3/c12-6-8-7-1-2-11(14-3-4-15-11)5-9(7)16-10(8)13/h1-5,13H2. The van der Waals surface area contributed by atoms with Gasteiger partial charge in [-0.1, -0.05) is 0 Å². The molecule has 1 aromatic heterocycles. The molecule has 3 rings (SSSR count). The van der Waals surface area contributed by atoms with E-state index in [0.717, 1.165) is 23.4 Å². The second-order valence-electron chi connectivity index (χ2n) is 4.14. The summed E-state index contributed by atoms with van der Waals surface area (Å²) in [6.45, 7) is 0. The van der Waals surface area contributed by atoms with Crippen LogP contribution >= 0.6 is 34.9 Å². The monoisotopic (exact) mass is 268 g/mol. The van der Waals surface area contributed by atoms with Crippen molar-refractivity contribution in [2.24, 2.45) is 0 Å². The number of nitriles is 1. The number of thiophene rings is 1. The van der Waals surface area contributed by atoms with Gasteiger partial charge in [0.25, 0.3) is 0 Å². The van der Waals surface area contributed by atoms with Crippen LogP contribution in [0.1, 0.15) is 22.4 Å². The van der Waals surface area contributed by atoms with Gasteiger partial charge in [-0.2, -0.15) is 5.26 Å². The number of hydrogen-bond acceptors (Lipinski definition) is 5. The van der Waals surface area contributed by atoms with Crippen molar-refractivity contribution in [3.05, 3.63) is 16.0 Å². The Hall–Kier alpha value is -0.310. The smallest absolute Gasteiger partial charge is 0.104 e. The lowest BCUT2D eigenvalue weighted by molar-refractivity contribution is 0.675. The number of thioether (sulfide) groups is 2. The normalized spacial score (nSPS) is 21.9. The summed E-state index contributed by atoms with van der Waals surface area (Å²) in [5, 5.41) is 9.81. The van der Waals surface area contributed by atoms with Crippen molar-refractivity contribution in [1.29, 1.82) is 5.26 Å². The largest absolute Gasteiger partial charge is 0.389 e. The summed E-state index contributed by atoms with van der Waals surface area (Å²) in [5.74, 6) is 2.54. The highest BCUT2D eigenvalue weighted by Gasteiger charge is 2.40. The first kappa shape index (κ1) is 10.8. The van der Waals surface area contributed by atoms with E-state index in [1.807, 2.05) is 0 Å². The minimum Gasteiger partial charge on any atom is -0.389 e. The molecule has 1 aliphatic heterocycles. The summed E-state index contributed by atoms with van der Waals surface area (Å²) in [6.07, 6.45) is 3.33. The number of anilines is 1. The van der Waals surface area contributed by atoms with E-state index in [0.29, 0.717) is 4.08 Å². The highest BCUT2D eigenvalue weighted by Crippen LogP contribution is 2.53. The Morgan fingerprint density at radius 3 is 2.75 bits per heavy atom. The van der Waals surface area contributed by atoms with Crippen molar-refractivity contribution < 1.29 is 0 Å². The number of rotatable bonds is 0. The lowest BCUT2D eigenvalue weighted by Gasteiger charge is -2.31. The molecule has 84 valence electrons. The molecule has 1 aromatic rings. The fourth-order valence-corrected chi connectivity index (χ4v) is 7.05. The minimum atomic E-state index is 0.400. The third kappa shape index (κ3) is 1.55. The SMILES string of the molecule is N#Cc1c(N)sc2c1CCC1(C2)SCCS1. The Kier molecular flexibility index (Phi) is 2.61. The molecule has 16 heavy (non-hydrogen) atoms. The van der Waals surface area contributed by atoms with Crippen LogP contribution in [0.25, 0.3) is 0 Å². The molecule has 2 N–H and O–H groups in total. The summed E-state index contributed by atoms with van der Waals surface area (Å²) in [7, 11) is 0. The maximum atomic E-state index is 9.09.